The predicted molar refractivity (Wildman–Crippen MR) is 124 cm³/mol. The van der Waals surface area contributed by atoms with Crippen molar-refractivity contribution in [3.05, 3.63) is 71.8 Å². The largest absolute Gasteiger partial charge is 0.392 e. The maximum absolute atomic E-state index is 9.24. The average molecular weight is 411 g/mol. The van der Waals surface area contributed by atoms with E-state index in [0.717, 1.165) is 45.7 Å². The number of rotatable bonds is 7. The highest BCUT2D eigenvalue weighted by Crippen LogP contribution is 2.13. The lowest BCUT2D eigenvalue weighted by Crippen LogP contribution is -2.36. The van der Waals surface area contributed by atoms with E-state index in [0.29, 0.717) is 18.6 Å². The van der Waals surface area contributed by atoms with Crippen LogP contribution < -0.4 is 11.1 Å². The fourth-order valence-corrected chi connectivity index (χ4v) is 4.17. The summed E-state index contributed by atoms with van der Waals surface area (Å²) in [6, 6.07) is 22.1. The topological polar surface area (TPSA) is 64.8 Å². The third-order valence-corrected chi connectivity index (χ3v) is 5.78. The van der Waals surface area contributed by atoms with Gasteiger partial charge in [-0.25, -0.2) is 0 Å². The quantitative estimate of drug-likeness (QED) is 0.654. The second kappa shape index (κ2) is 12.2. The van der Waals surface area contributed by atoms with Crippen molar-refractivity contribution in [3.63, 3.8) is 0 Å². The van der Waals surface area contributed by atoms with Crippen molar-refractivity contribution < 1.29 is 5.11 Å². The van der Waals surface area contributed by atoms with Crippen molar-refractivity contribution in [2.45, 2.75) is 51.0 Å². The molecule has 2 heterocycles. The summed E-state index contributed by atoms with van der Waals surface area (Å²) in [5, 5.41) is 12.6. The van der Waals surface area contributed by atoms with E-state index < -0.39 is 0 Å². The van der Waals surface area contributed by atoms with E-state index in [-0.39, 0.29) is 6.10 Å². The van der Waals surface area contributed by atoms with Gasteiger partial charge in [0.2, 0.25) is 0 Å². The smallest absolute Gasteiger partial charge is 0.0636 e. The van der Waals surface area contributed by atoms with Crippen LogP contribution in [0.1, 0.15) is 30.9 Å². The van der Waals surface area contributed by atoms with E-state index in [1.807, 2.05) is 6.92 Å². The molecule has 4 rings (SSSR count). The molecule has 2 saturated heterocycles. The molecule has 0 saturated carbocycles. The molecule has 0 amide bonds. The Morgan fingerprint density at radius 1 is 0.900 bits per heavy atom. The zero-order valence-electron chi connectivity index (χ0n) is 18.3. The number of nitrogens with two attached hydrogens (primary N) is 1. The Morgan fingerprint density at radius 2 is 1.43 bits per heavy atom. The third kappa shape index (κ3) is 8.17. The zero-order valence-corrected chi connectivity index (χ0v) is 18.3. The van der Waals surface area contributed by atoms with E-state index in [1.54, 1.807) is 0 Å². The SMILES string of the molecule is C[C@H](O)CN[C@@H]1CCN(Cc2ccccc2)C1.N[C@@H]1CCN(Cc2ccccc2)C1. The molecule has 2 aromatic rings. The summed E-state index contributed by atoms with van der Waals surface area (Å²) in [5.74, 6) is 0. The van der Waals surface area contributed by atoms with Crippen LogP contribution in [0, 0.1) is 0 Å². The van der Waals surface area contributed by atoms with Gasteiger partial charge in [-0.05, 0) is 30.9 Å². The molecule has 164 valence electrons. The minimum Gasteiger partial charge on any atom is -0.392 e. The van der Waals surface area contributed by atoms with Gasteiger partial charge in [-0.2, -0.15) is 0 Å². The van der Waals surface area contributed by atoms with Crippen molar-refractivity contribution in [2.24, 2.45) is 5.73 Å². The minimum absolute atomic E-state index is 0.252. The van der Waals surface area contributed by atoms with Crippen LogP contribution in [0.25, 0.3) is 0 Å². The van der Waals surface area contributed by atoms with Crippen LogP contribution in [0.2, 0.25) is 0 Å². The second-order valence-electron chi connectivity index (χ2n) is 8.73. The number of hydrogen-bond donors (Lipinski definition) is 3. The highest BCUT2D eigenvalue weighted by atomic mass is 16.3. The van der Waals surface area contributed by atoms with Gasteiger partial charge in [0.1, 0.15) is 0 Å². The summed E-state index contributed by atoms with van der Waals surface area (Å²) in [6.45, 7) is 9.04. The van der Waals surface area contributed by atoms with Crippen molar-refractivity contribution in [1.29, 1.82) is 0 Å². The molecule has 5 heteroatoms. The van der Waals surface area contributed by atoms with Crippen LogP contribution in [0.3, 0.4) is 0 Å². The molecular weight excluding hydrogens is 372 g/mol. The van der Waals surface area contributed by atoms with Crippen LogP contribution in [-0.4, -0.2) is 65.8 Å². The van der Waals surface area contributed by atoms with E-state index in [1.165, 1.54) is 17.5 Å². The van der Waals surface area contributed by atoms with E-state index >= 15 is 0 Å². The van der Waals surface area contributed by atoms with Crippen molar-refractivity contribution in [1.82, 2.24) is 15.1 Å². The summed E-state index contributed by atoms with van der Waals surface area (Å²) < 4.78 is 0. The fourth-order valence-electron chi connectivity index (χ4n) is 4.17. The molecule has 2 aliphatic rings. The van der Waals surface area contributed by atoms with E-state index in [2.05, 4.69) is 75.8 Å². The number of nitrogens with one attached hydrogen (secondary N) is 1. The molecule has 5 nitrogen and oxygen atoms in total. The summed E-state index contributed by atoms with van der Waals surface area (Å²) >= 11 is 0. The molecular formula is C25H38N4O. The standard InChI is InChI=1S/C14H22N2O.C11H16N2/c1-12(17)9-15-14-7-8-16(11-14)10-13-5-3-2-4-6-13;12-11-6-7-13(9-11)8-10-4-2-1-3-5-10/h2-6,12,14-15,17H,7-11H2,1H3;1-5,11H,6-9,12H2/t12-,14+;11-/m01/s1. The van der Waals surface area contributed by atoms with Crippen molar-refractivity contribution >= 4 is 0 Å². The highest BCUT2D eigenvalue weighted by Gasteiger charge is 2.22. The molecule has 2 fully saturated rings. The lowest BCUT2D eigenvalue weighted by molar-refractivity contribution is 0.185. The molecule has 0 bridgehead atoms. The molecule has 0 unspecified atom stereocenters. The number of aliphatic hydroxyl groups is 1. The van der Waals surface area contributed by atoms with Gasteiger partial charge in [-0.15, -0.1) is 0 Å². The third-order valence-electron chi connectivity index (χ3n) is 5.78. The first-order chi connectivity index (χ1) is 14.6. The first-order valence-electron chi connectivity index (χ1n) is 11.3. The normalized spacial score (nSPS) is 23.2. The Balaban J connectivity index is 0.000000177. The van der Waals surface area contributed by atoms with Gasteiger partial charge in [-0.1, -0.05) is 60.7 Å². The van der Waals surface area contributed by atoms with Gasteiger partial charge in [0.25, 0.3) is 0 Å². The number of benzene rings is 2. The lowest BCUT2D eigenvalue weighted by atomic mass is 10.2. The summed E-state index contributed by atoms with van der Waals surface area (Å²) in [5.41, 5.74) is 8.60. The number of hydrogen-bond acceptors (Lipinski definition) is 5. The summed E-state index contributed by atoms with van der Waals surface area (Å²) in [4.78, 5) is 4.88. The van der Waals surface area contributed by atoms with Gasteiger partial charge < -0.3 is 16.2 Å². The van der Waals surface area contributed by atoms with Crippen LogP contribution in [0.4, 0.5) is 0 Å². The van der Waals surface area contributed by atoms with Gasteiger partial charge >= 0.3 is 0 Å². The number of likely N-dealkylation sites (tertiary alicyclic amines) is 2. The fraction of sp³-hybridized carbons (Fsp3) is 0.520. The molecule has 0 aromatic heterocycles. The molecule has 2 aliphatic heterocycles. The molecule has 0 aliphatic carbocycles. The second-order valence-corrected chi connectivity index (χ2v) is 8.73. The average Bonchev–Trinajstić information content (AvgIpc) is 3.37. The molecule has 2 aromatic carbocycles. The van der Waals surface area contributed by atoms with Gasteiger partial charge in [0.15, 0.2) is 0 Å². The molecule has 4 N–H and O–H groups in total. The first-order valence-corrected chi connectivity index (χ1v) is 11.3. The maximum atomic E-state index is 9.24. The Morgan fingerprint density at radius 3 is 1.93 bits per heavy atom. The highest BCUT2D eigenvalue weighted by molar-refractivity contribution is 5.15. The zero-order chi connectivity index (χ0) is 21.2. The Hall–Kier alpha value is -1.76. The first kappa shape index (κ1) is 22.9. The van der Waals surface area contributed by atoms with Gasteiger partial charge in [-0.3, -0.25) is 9.80 Å². The monoisotopic (exact) mass is 410 g/mol. The summed E-state index contributed by atoms with van der Waals surface area (Å²) in [6.07, 6.45) is 2.07. The Labute approximate surface area is 181 Å². The van der Waals surface area contributed by atoms with Gasteiger partial charge in [0.05, 0.1) is 6.10 Å². The Bertz CT molecular complexity index is 710. The molecule has 30 heavy (non-hydrogen) atoms. The Kier molecular flexibility index (Phi) is 9.30. The van der Waals surface area contributed by atoms with Crippen molar-refractivity contribution in [3.8, 4) is 0 Å². The van der Waals surface area contributed by atoms with Crippen molar-refractivity contribution in [2.75, 3.05) is 32.7 Å². The van der Waals surface area contributed by atoms with E-state index in [4.69, 9.17) is 5.73 Å². The van der Waals surface area contributed by atoms with Crippen LogP contribution in [0.5, 0.6) is 0 Å². The number of nitrogens with zero attached hydrogens (tertiary/aromatic N) is 2. The van der Waals surface area contributed by atoms with Gasteiger partial charge in [0, 0.05) is 57.9 Å². The maximum Gasteiger partial charge on any atom is 0.0636 e. The van der Waals surface area contributed by atoms with Crippen LogP contribution in [-0.2, 0) is 13.1 Å². The minimum atomic E-state index is -0.252. The van der Waals surface area contributed by atoms with Crippen LogP contribution >= 0.6 is 0 Å². The number of aliphatic hydroxyl groups excluding tert-OH is 1. The molecule has 0 radical (unpaired) electrons. The molecule has 3 atom stereocenters. The summed E-state index contributed by atoms with van der Waals surface area (Å²) in [7, 11) is 0. The lowest BCUT2D eigenvalue weighted by Gasteiger charge is -2.17. The molecule has 0 spiro atoms. The predicted octanol–water partition coefficient (Wildman–Crippen LogP) is 2.45. The van der Waals surface area contributed by atoms with Crippen LogP contribution in [0.15, 0.2) is 60.7 Å². The van der Waals surface area contributed by atoms with E-state index in [9.17, 15) is 5.11 Å².